The molecule has 0 aliphatic carbocycles. The molecule has 0 unspecified atom stereocenters. The minimum Gasteiger partial charge on any atom is -0.357 e. The zero-order chi connectivity index (χ0) is 13.0. The molecular weight excluding hydrogens is 371 g/mol. The highest BCUT2D eigenvalue weighted by Gasteiger charge is 2.15. The molecule has 1 N–H and O–H groups in total. The molecule has 1 aromatic rings. The van der Waals surface area contributed by atoms with Crippen molar-refractivity contribution in [2.24, 2.45) is 4.99 Å². The van der Waals surface area contributed by atoms with Crippen LogP contribution in [-0.4, -0.2) is 35.5 Å². The van der Waals surface area contributed by atoms with Crippen molar-refractivity contribution in [2.45, 2.75) is 40.2 Å². The van der Waals surface area contributed by atoms with E-state index in [1.54, 1.807) is 11.3 Å². The van der Waals surface area contributed by atoms with Crippen LogP contribution >= 0.6 is 35.3 Å². The molecule has 1 aliphatic rings. The summed E-state index contributed by atoms with van der Waals surface area (Å²) >= 11 is 1.75. The Morgan fingerprint density at radius 1 is 1.37 bits per heavy atom. The van der Waals surface area contributed by atoms with Crippen LogP contribution < -0.4 is 5.32 Å². The van der Waals surface area contributed by atoms with Gasteiger partial charge >= 0.3 is 0 Å². The first-order valence-corrected chi connectivity index (χ1v) is 7.48. The van der Waals surface area contributed by atoms with Crippen molar-refractivity contribution in [1.29, 1.82) is 0 Å². The number of guanidine groups is 1. The average Bonchev–Trinajstić information content (AvgIpc) is 2.96. The van der Waals surface area contributed by atoms with Crippen LogP contribution in [-0.2, 0) is 6.54 Å². The summed E-state index contributed by atoms with van der Waals surface area (Å²) < 4.78 is 0. The molecular formula is C13H23IN4S. The van der Waals surface area contributed by atoms with E-state index >= 15 is 0 Å². The number of hydrogen-bond donors (Lipinski definition) is 1. The maximum Gasteiger partial charge on any atom is 0.194 e. The first-order valence-electron chi connectivity index (χ1n) is 6.67. The number of aromatic nitrogens is 1. The molecule has 0 aromatic carbocycles. The van der Waals surface area contributed by atoms with Crippen molar-refractivity contribution < 1.29 is 0 Å². The van der Waals surface area contributed by atoms with Gasteiger partial charge in [-0.3, -0.25) is 0 Å². The number of aliphatic imine (C=N–C) groups is 1. The molecule has 0 atom stereocenters. The number of hydrogen-bond acceptors (Lipinski definition) is 3. The average molecular weight is 394 g/mol. The predicted octanol–water partition coefficient (Wildman–Crippen LogP) is 2.94. The zero-order valence-corrected chi connectivity index (χ0v) is 15.0. The maximum absolute atomic E-state index is 4.70. The summed E-state index contributed by atoms with van der Waals surface area (Å²) in [6.07, 6.45) is 2.56. The van der Waals surface area contributed by atoms with Crippen LogP contribution in [0.4, 0.5) is 0 Å². The Labute approximate surface area is 136 Å². The summed E-state index contributed by atoms with van der Waals surface area (Å²) in [5.41, 5.74) is 1.14. The molecule has 1 saturated heterocycles. The Morgan fingerprint density at radius 2 is 2.05 bits per heavy atom. The van der Waals surface area contributed by atoms with E-state index in [2.05, 4.69) is 36.0 Å². The molecule has 2 heterocycles. The zero-order valence-electron chi connectivity index (χ0n) is 11.9. The Hall–Kier alpha value is -0.370. The second-order valence-electron chi connectivity index (χ2n) is 4.61. The summed E-state index contributed by atoms with van der Waals surface area (Å²) in [4.78, 5) is 12.9. The number of nitrogens with one attached hydrogen (secondary N) is 1. The van der Waals surface area contributed by atoms with E-state index in [0.29, 0.717) is 6.54 Å². The van der Waals surface area contributed by atoms with Crippen molar-refractivity contribution in [3.63, 3.8) is 0 Å². The fourth-order valence-electron chi connectivity index (χ4n) is 2.10. The van der Waals surface area contributed by atoms with E-state index in [0.717, 1.165) is 36.3 Å². The molecule has 2 rings (SSSR count). The summed E-state index contributed by atoms with van der Waals surface area (Å²) in [6, 6.07) is 0. The van der Waals surface area contributed by atoms with Gasteiger partial charge in [0.05, 0.1) is 12.2 Å². The van der Waals surface area contributed by atoms with E-state index in [9.17, 15) is 0 Å². The topological polar surface area (TPSA) is 40.5 Å². The minimum absolute atomic E-state index is 0. The third-order valence-corrected chi connectivity index (χ3v) is 4.24. The fourth-order valence-corrected chi connectivity index (χ4v) is 2.96. The number of thiazole rings is 1. The molecule has 1 fully saturated rings. The number of halogens is 1. The highest BCUT2D eigenvalue weighted by Crippen LogP contribution is 2.17. The van der Waals surface area contributed by atoms with Gasteiger partial charge < -0.3 is 10.2 Å². The SMILES string of the molecule is CCNC(=NCc1nc(C)c(C)s1)N1CCCC1.I. The van der Waals surface area contributed by atoms with Gasteiger partial charge in [0, 0.05) is 24.5 Å². The lowest BCUT2D eigenvalue weighted by Crippen LogP contribution is -2.39. The Balaban J connectivity index is 0.00000180. The third-order valence-electron chi connectivity index (χ3n) is 3.18. The van der Waals surface area contributed by atoms with Gasteiger partial charge in [0.25, 0.3) is 0 Å². The maximum atomic E-state index is 4.70. The molecule has 0 spiro atoms. The van der Waals surface area contributed by atoms with Crippen LogP contribution in [0.15, 0.2) is 4.99 Å². The van der Waals surface area contributed by atoms with Crippen molar-refractivity contribution >= 4 is 41.3 Å². The second kappa shape index (κ2) is 8.04. The van der Waals surface area contributed by atoms with E-state index in [1.165, 1.54) is 17.7 Å². The van der Waals surface area contributed by atoms with Gasteiger partial charge in [-0.2, -0.15) is 0 Å². The molecule has 4 nitrogen and oxygen atoms in total. The largest absolute Gasteiger partial charge is 0.357 e. The van der Waals surface area contributed by atoms with Gasteiger partial charge in [-0.1, -0.05) is 0 Å². The number of nitrogens with zero attached hydrogens (tertiary/aromatic N) is 3. The monoisotopic (exact) mass is 394 g/mol. The quantitative estimate of drug-likeness (QED) is 0.487. The van der Waals surface area contributed by atoms with Crippen molar-refractivity contribution in [3.05, 3.63) is 15.6 Å². The minimum atomic E-state index is 0. The van der Waals surface area contributed by atoms with Gasteiger partial charge in [0.2, 0.25) is 0 Å². The third kappa shape index (κ3) is 4.59. The molecule has 0 saturated carbocycles. The first-order chi connectivity index (χ1) is 8.70. The Morgan fingerprint density at radius 3 is 2.58 bits per heavy atom. The summed E-state index contributed by atoms with van der Waals surface area (Å²) in [5, 5.41) is 4.48. The highest BCUT2D eigenvalue weighted by molar-refractivity contribution is 14.0. The van der Waals surface area contributed by atoms with Crippen LogP contribution in [0, 0.1) is 13.8 Å². The van der Waals surface area contributed by atoms with Crippen LogP contribution in [0.1, 0.15) is 35.3 Å². The van der Waals surface area contributed by atoms with E-state index in [-0.39, 0.29) is 24.0 Å². The van der Waals surface area contributed by atoms with Gasteiger partial charge in [-0.05, 0) is 33.6 Å². The predicted molar refractivity (Wildman–Crippen MR) is 92.6 cm³/mol. The molecule has 0 radical (unpaired) electrons. The molecule has 108 valence electrons. The Kier molecular flexibility index (Phi) is 7.06. The number of likely N-dealkylation sites (tertiary alicyclic amines) is 1. The van der Waals surface area contributed by atoms with Crippen molar-refractivity contribution in [2.75, 3.05) is 19.6 Å². The van der Waals surface area contributed by atoms with Gasteiger partial charge in [0.1, 0.15) is 5.01 Å². The summed E-state index contributed by atoms with van der Waals surface area (Å²) in [7, 11) is 0. The first kappa shape index (κ1) is 16.7. The Bertz CT molecular complexity index is 405. The lowest BCUT2D eigenvalue weighted by atomic mass is 10.4. The van der Waals surface area contributed by atoms with Gasteiger partial charge in [-0.25, -0.2) is 9.98 Å². The lowest BCUT2D eigenvalue weighted by molar-refractivity contribution is 0.493. The molecule has 6 heteroatoms. The molecule has 19 heavy (non-hydrogen) atoms. The van der Waals surface area contributed by atoms with Crippen LogP contribution in [0.3, 0.4) is 0 Å². The molecule has 0 bridgehead atoms. The lowest BCUT2D eigenvalue weighted by Gasteiger charge is -2.20. The van der Waals surface area contributed by atoms with Crippen molar-refractivity contribution in [1.82, 2.24) is 15.2 Å². The van der Waals surface area contributed by atoms with Gasteiger partial charge in [0.15, 0.2) is 5.96 Å². The molecule has 0 amide bonds. The van der Waals surface area contributed by atoms with E-state index < -0.39 is 0 Å². The second-order valence-corrected chi connectivity index (χ2v) is 5.90. The van der Waals surface area contributed by atoms with Crippen LogP contribution in [0.5, 0.6) is 0 Å². The molecule has 1 aromatic heterocycles. The van der Waals surface area contributed by atoms with Crippen molar-refractivity contribution in [3.8, 4) is 0 Å². The number of rotatable bonds is 3. The van der Waals surface area contributed by atoms with E-state index in [1.807, 2.05) is 0 Å². The van der Waals surface area contributed by atoms with E-state index in [4.69, 9.17) is 4.99 Å². The number of aryl methyl sites for hydroxylation is 2. The van der Waals surface area contributed by atoms with Gasteiger partial charge in [-0.15, -0.1) is 35.3 Å². The fraction of sp³-hybridized carbons (Fsp3) is 0.692. The molecule has 1 aliphatic heterocycles. The smallest absolute Gasteiger partial charge is 0.194 e. The normalized spacial score (nSPS) is 15.5. The summed E-state index contributed by atoms with van der Waals surface area (Å²) in [6.45, 7) is 10.2. The summed E-state index contributed by atoms with van der Waals surface area (Å²) in [5.74, 6) is 1.04. The highest BCUT2D eigenvalue weighted by atomic mass is 127. The standard InChI is InChI=1S/C13H22N4S.HI/c1-4-14-13(17-7-5-6-8-17)15-9-12-16-10(2)11(3)18-12;/h4-9H2,1-3H3,(H,14,15);1H. The van der Waals surface area contributed by atoms with Crippen LogP contribution in [0.25, 0.3) is 0 Å². The van der Waals surface area contributed by atoms with Crippen LogP contribution in [0.2, 0.25) is 0 Å².